The Hall–Kier alpha value is -2.77. The molecule has 1 aliphatic heterocycles. The zero-order valence-electron chi connectivity index (χ0n) is 17.6. The third kappa shape index (κ3) is 4.62. The van der Waals surface area contributed by atoms with E-state index in [9.17, 15) is 4.79 Å². The third-order valence-corrected chi connectivity index (χ3v) is 5.95. The number of methoxy groups -OCH3 is 1. The number of halogens is 2. The van der Waals surface area contributed by atoms with E-state index in [-0.39, 0.29) is 17.7 Å². The van der Waals surface area contributed by atoms with Gasteiger partial charge in [-0.1, -0.05) is 29.3 Å². The average molecular weight is 460 g/mol. The molecule has 0 bridgehead atoms. The van der Waals surface area contributed by atoms with Crippen LogP contribution in [0.2, 0.25) is 10.0 Å². The van der Waals surface area contributed by atoms with E-state index in [1.54, 1.807) is 17.0 Å². The van der Waals surface area contributed by atoms with Crippen molar-refractivity contribution in [2.45, 2.75) is 13.8 Å². The van der Waals surface area contributed by atoms with E-state index < -0.39 is 0 Å². The Balaban J connectivity index is 1.47. The summed E-state index contributed by atoms with van der Waals surface area (Å²) in [5.74, 6) is 0.461. The Bertz CT molecular complexity index is 1130. The van der Waals surface area contributed by atoms with Crippen LogP contribution >= 0.6 is 23.2 Å². The molecule has 0 spiro atoms. The van der Waals surface area contributed by atoms with Crippen molar-refractivity contribution < 1.29 is 9.53 Å². The molecule has 31 heavy (non-hydrogen) atoms. The lowest BCUT2D eigenvalue weighted by Crippen LogP contribution is -2.50. The van der Waals surface area contributed by atoms with Crippen LogP contribution < -0.4 is 15.0 Å². The fourth-order valence-electron chi connectivity index (χ4n) is 3.74. The van der Waals surface area contributed by atoms with Gasteiger partial charge in [-0.3, -0.25) is 5.32 Å². The van der Waals surface area contributed by atoms with E-state index >= 15 is 0 Å². The number of benzene rings is 2. The molecular formula is C22H23Cl2N5O2. The molecule has 4 rings (SSSR count). The summed E-state index contributed by atoms with van der Waals surface area (Å²) in [6.45, 7) is 6.90. The second kappa shape index (κ2) is 8.77. The molecule has 1 fully saturated rings. The molecule has 3 aromatic rings. The minimum atomic E-state index is -0.243. The maximum Gasteiger partial charge on any atom is 0.323 e. The number of nitrogens with one attached hydrogen (secondary N) is 1. The molecule has 1 aromatic heterocycles. The number of anilines is 2. The molecule has 0 atom stereocenters. The number of hydrogen-bond donors (Lipinski definition) is 1. The predicted molar refractivity (Wildman–Crippen MR) is 125 cm³/mol. The first-order valence-corrected chi connectivity index (χ1v) is 10.7. The minimum absolute atomic E-state index is 0.216. The molecule has 0 unspecified atom stereocenters. The molecule has 2 heterocycles. The molecule has 0 radical (unpaired) electrons. The normalized spacial score (nSPS) is 14.1. The number of carbonyl (C=O) groups excluding carboxylic acids is 1. The Labute approximate surface area is 190 Å². The highest BCUT2D eigenvalue weighted by Gasteiger charge is 2.23. The fraction of sp³-hybridized carbons (Fsp3) is 0.318. The van der Waals surface area contributed by atoms with Crippen molar-refractivity contribution in [3.05, 3.63) is 51.5 Å². The van der Waals surface area contributed by atoms with Crippen molar-refractivity contribution in [2.24, 2.45) is 0 Å². The summed E-state index contributed by atoms with van der Waals surface area (Å²) < 4.78 is 5.32. The first-order chi connectivity index (χ1) is 14.8. The van der Waals surface area contributed by atoms with Gasteiger partial charge in [0, 0.05) is 31.9 Å². The molecule has 7 nitrogen and oxygen atoms in total. The zero-order chi connectivity index (χ0) is 22.1. The van der Waals surface area contributed by atoms with Gasteiger partial charge in [0.05, 0.1) is 28.2 Å². The van der Waals surface area contributed by atoms with Crippen molar-refractivity contribution in [1.82, 2.24) is 14.9 Å². The van der Waals surface area contributed by atoms with Crippen LogP contribution in [0.25, 0.3) is 11.0 Å². The van der Waals surface area contributed by atoms with Crippen LogP contribution in [0.15, 0.2) is 30.3 Å². The molecule has 2 amide bonds. The number of nitrogens with zero attached hydrogens (tertiary/aromatic N) is 4. The molecule has 2 aromatic carbocycles. The Morgan fingerprint density at radius 2 is 1.52 bits per heavy atom. The first kappa shape index (κ1) is 21.5. The van der Waals surface area contributed by atoms with Gasteiger partial charge in [0.25, 0.3) is 5.88 Å². The molecule has 1 saturated heterocycles. The van der Waals surface area contributed by atoms with Gasteiger partial charge in [0.1, 0.15) is 0 Å². The van der Waals surface area contributed by atoms with Crippen molar-refractivity contribution in [2.75, 3.05) is 43.5 Å². The molecule has 162 valence electrons. The number of amides is 2. The second-order valence-corrected chi connectivity index (χ2v) is 8.40. The third-order valence-electron chi connectivity index (χ3n) is 5.23. The van der Waals surface area contributed by atoms with Crippen molar-refractivity contribution in [3.8, 4) is 5.88 Å². The number of fused-ring (bicyclic) bond motifs is 1. The Morgan fingerprint density at radius 1 is 0.935 bits per heavy atom. The van der Waals surface area contributed by atoms with Gasteiger partial charge in [-0.2, -0.15) is 0 Å². The lowest BCUT2D eigenvalue weighted by atomic mass is 10.1. The standard InChI is InChI=1S/C22H23Cl2N5O2/c1-13-8-14(2)10-15(9-13)28-4-6-29(7-5-28)22(30)27-20-21(31-3)26-19-12-17(24)16(23)11-18(19)25-20/h8-12H,4-7H2,1-3H3,(H,25,27,30). The van der Waals surface area contributed by atoms with Crippen LogP contribution in [0.3, 0.4) is 0 Å². The maximum atomic E-state index is 12.9. The Morgan fingerprint density at radius 3 is 2.10 bits per heavy atom. The molecule has 1 aliphatic rings. The highest BCUT2D eigenvalue weighted by molar-refractivity contribution is 6.42. The molecule has 9 heteroatoms. The number of hydrogen-bond acceptors (Lipinski definition) is 5. The van der Waals surface area contributed by atoms with Gasteiger partial charge in [0.2, 0.25) is 0 Å². The van der Waals surface area contributed by atoms with Gasteiger partial charge >= 0.3 is 6.03 Å². The summed E-state index contributed by atoms with van der Waals surface area (Å²) in [6.07, 6.45) is 0. The summed E-state index contributed by atoms with van der Waals surface area (Å²) >= 11 is 12.2. The summed E-state index contributed by atoms with van der Waals surface area (Å²) in [5, 5.41) is 3.57. The van der Waals surface area contributed by atoms with Gasteiger partial charge in [-0.15, -0.1) is 0 Å². The highest BCUT2D eigenvalue weighted by Crippen LogP contribution is 2.30. The average Bonchev–Trinajstić information content (AvgIpc) is 2.74. The maximum absolute atomic E-state index is 12.9. The summed E-state index contributed by atoms with van der Waals surface area (Å²) in [4.78, 5) is 25.8. The zero-order valence-corrected chi connectivity index (χ0v) is 19.1. The Kier molecular flexibility index (Phi) is 6.07. The topological polar surface area (TPSA) is 70.6 Å². The van der Waals surface area contributed by atoms with E-state index in [0.29, 0.717) is 34.2 Å². The quantitative estimate of drug-likeness (QED) is 0.601. The molecular weight excluding hydrogens is 437 g/mol. The van der Waals surface area contributed by atoms with Gasteiger partial charge in [-0.25, -0.2) is 14.8 Å². The van der Waals surface area contributed by atoms with E-state index in [0.717, 1.165) is 13.1 Å². The smallest absolute Gasteiger partial charge is 0.323 e. The minimum Gasteiger partial charge on any atom is -0.478 e. The summed E-state index contributed by atoms with van der Waals surface area (Å²) in [6, 6.07) is 9.50. The van der Waals surface area contributed by atoms with Crippen molar-refractivity contribution in [3.63, 3.8) is 0 Å². The number of rotatable bonds is 3. The van der Waals surface area contributed by atoms with Gasteiger partial charge < -0.3 is 14.5 Å². The van der Waals surface area contributed by atoms with E-state index in [1.165, 1.54) is 23.9 Å². The van der Waals surface area contributed by atoms with E-state index in [2.05, 4.69) is 52.2 Å². The molecule has 0 saturated carbocycles. The lowest BCUT2D eigenvalue weighted by Gasteiger charge is -2.36. The van der Waals surface area contributed by atoms with Crippen LogP contribution in [0.5, 0.6) is 5.88 Å². The number of urea groups is 1. The van der Waals surface area contributed by atoms with E-state index in [4.69, 9.17) is 27.9 Å². The van der Waals surface area contributed by atoms with Crippen LogP contribution in [-0.4, -0.2) is 54.2 Å². The van der Waals surface area contributed by atoms with Crippen molar-refractivity contribution in [1.29, 1.82) is 0 Å². The SMILES string of the molecule is COc1nc2cc(Cl)c(Cl)cc2nc1NC(=O)N1CCN(c2cc(C)cc(C)c2)CC1. The van der Waals surface area contributed by atoms with Gasteiger partial charge in [-0.05, 0) is 49.2 Å². The number of aryl methyl sites for hydroxylation is 2. The van der Waals surface area contributed by atoms with E-state index in [1.807, 2.05) is 0 Å². The summed E-state index contributed by atoms with van der Waals surface area (Å²) in [7, 11) is 1.48. The number of aromatic nitrogens is 2. The predicted octanol–water partition coefficient (Wildman–Crippen LogP) is 4.92. The monoisotopic (exact) mass is 459 g/mol. The van der Waals surface area contributed by atoms with Crippen LogP contribution in [0.4, 0.5) is 16.3 Å². The fourth-order valence-corrected chi connectivity index (χ4v) is 4.06. The van der Waals surface area contributed by atoms with Crippen molar-refractivity contribution >= 4 is 51.8 Å². The number of piperazine rings is 1. The largest absolute Gasteiger partial charge is 0.478 e. The lowest BCUT2D eigenvalue weighted by molar-refractivity contribution is 0.208. The molecule has 1 N–H and O–H groups in total. The van der Waals surface area contributed by atoms with Crippen LogP contribution in [-0.2, 0) is 0 Å². The molecule has 0 aliphatic carbocycles. The van der Waals surface area contributed by atoms with Crippen LogP contribution in [0.1, 0.15) is 11.1 Å². The van der Waals surface area contributed by atoms with Crippen LogP contribution in [0, 0.1) is 13.8 Å². The summed E-state index contributed by atoms with van der Waals surface area (Å²) in [5.41, 5.74) is 4.71. The highest BCUT2D eigenvalue weighted by atomic mass is 35.5. The number of ether oxygens (including phenoxy) is 1. The second-order valence-electron chi connectivity index (χ2n) is 7.59. The number of carbonyl (C=O) groups is 1. The first-order valence-electron chi connectivity index (χ1n) is 9.94. The van der Waals surface area contributed by atoms with Gasteiger partial charge in [0.15, 0.2) is 5.82 Å².